The molecule has 0 aliphatic carbocycles. The third-order valence-electron chi connectivity index (χ3n) is 3.44. The molecule has 20 heavy (non-hydrogen) atoms. The summed E-state index contributed by atoms with van der Waals surface area (Å²) < 4.78 is 8.28. The molecule has 108 valence electrons. The monoisotopic (exact) mass is 282 g/mol. The second kappa shape index (κ2) is 4.56. The molecular weight excluding hydrogens is 268 g/mol. The van der Waals surface area contributed by atoms with Gasteiger partial charge in [-0.25, -0.2) is 4.52 Å². The van der Waals surface area contributed by atoms with Gasteiger partial charge in [0.1, 0.15) is 23.9 Å². The zero-order valence-corrected chi connectivity index (χ0v) is 10.3. The summed E-state index contributed by atoms with van der Waals surface area (Å²) in [5.41, 5.74) is 5.80. The molecule has 9 nitrogen and oxygen atoms in total. The van der Waals surface area contributed by atoms with Crippen LogP contribution >= 0.6 is 0 Å². The molecule has 1 aliphatic heterocycles. The minimum Gasteiger partial charge on any atom is -0.394 e. The first-order valence-electron chi connectivity index (χ1n) is 6.01. The van der Waals surface area contributed by atoms with Crippen LogP contribution in [0.25, 0.3) is 5.65 Å². The highest BCUT2D eigenvalue weighted by atomic mass is 16.6. The lowest BCUT2D eigenvalue weighted by Crippen LogP contribution is -2.33. The fraction of sp³-hybridized carbons (Fsp3) is 0.455. The number of aliphatic hydroxyl groups excluding tert-OH is 3. The predicted molar refractivity (Wildman–Crippen MR) is 64.7 cm³/mol. The van der Waals surface area contributed by atoms with Gasteiger partial charge >= 0.3 is 0 Å². The molecule has 9 heteroatoms. The Balaban J connectivity index is 2.06. The van der Waals surface area contributed by atoms with Crippen molar-refractivity contribution in [2.24, 2.45) is 5.73 Å². The number of aliphatic hydroxyl groups is 3. The maximum absolute atomic E-state index is 11.4. The number of ether oxygens (including phenoxy) is 1. The molecule has 1 amide bonds. The third kappa shape index (κ3) is 1.72. The highest BCUT2D eigenvalue weighted by Gasteiger charge is 2.44. The molecule has 0 aromatic carbocycles. The Kier molecular flexibility index (Phi) is 2.98. The number of rotatable bonds is 3. The number of carbonyl (C=O) groups is 1. The van der Waals surface area contributed by atoms with Crippen LogP contribution in [0.2, 0.25) is 0 Å². The van der Waals surface area contributed by atoms with E-state index in [9.17, 15) is 15.0 Å². The quantitative estimate of drug-likeness (QED) is 0.506. The van der Waals surface area contributed by atoms with E-state index in [1.165, 1.54) is 15.3 Å². The largest absolute Gasteiger partial charge is 0.394 e. The molecule has 1 aliphatic rings. The Hall–Kier alpha value is -1.94. The van der Waals surface area contributed by atoms with E-state index in [1.807, 2.05) is 0 Å². The van der Waals surface area contributed by atoms with Crippen LogP contribution in [-0.2, 0) is 4.74 Å². The van der Waals surface area contributed by atoms with E-state index in [0.29, 0.717) is 5.65 Å². The average molecular weight is 282 g/mol. The zero-order chi connectivity index (χ0) is 14.4. The van der Waals surface area contributed by atoms with Crippen molar-refractivity contribution in [2.75, 3.05) is 6.61 Å². The molecule has 3 heterocycles. The fourth-order valence-corrected chi connectivity index (χ4v) is 2.42. The molecule has 0 unspecified atom stereocenters. The van der Waals surface area contributed by atoms with Crippen LogP contribution in [0, 0.1) is 0 Å². The van der Waals surface area contributed by atoms with Crippen molar-refractivity contribution >= 4 is 11.6 Å². The van der Waals surface area contributed by atoms with Gasteiger partial charge in [-0.05, 0) is 0 Å². The number of nitrogens with two attached hydrogens (primary N) is 1. The Labute approximate surface area is 112 Å². The molecule has 2 aromatic heterocycles. The second-order valence-electron chi connectivity index (χ2n) is 4.62. The normalized spacial score (nSPS) is 30.1. The smallest absolute Gasteiger partial charge is 0.254 e. The molecule has 2 aromatic rings. The molecule has 0 saturated carbocycles. The van der Waals surface area contributed by atoms with E-state index in [4.69, 9.17) is 15.6 Å². The maximum Gasteiger partial charge on any atom is 0.254 e. The van der Waals surface area contributed by atoms with Gasteiger partial charge in [0, 0.05) is 12.4 Å². The van der Waals surface area contributed by atoms with Gasteiger partial charge in [0.2, 0.25) is 0 Å². The summed E-state index contributed by atoms with van der Waals surface area (Å²) in [6, 6.07) is 0. The lowest BCUT2D eigenvalue weighted by Gasteiger charge is -2.17. The van der Waals surface area contributed by atoms with Crippen molar-refractivity contribution in [1.82, 2.24) is 14.2 Å². The van der Waals surface area contributed by atoms with Crippen LogP contribution in [0.15, 0.2) is 18.6 Å². The van der Waals surface area contributed by atoms with E-state index in [0.717, 1.165) is 0 Å². The van der Waals surface area contributed by atoms with Gasteiger partial charge < -0.3 is 30.4 Å². The first kappa shape index (κ1) is 13.1. The Morgan fingerprint density at radius 3 is 2.75 bits per heavy atom. The zero-order valence-electron chi connectivity index (χ0n) is 10.3. The maximum atomic E-state index is 11.4. The molecule has 3 rings (SSSR count). The topological polar surface area (TPSA) is 135 Å². The molecule has 4 atom stereocenters. The number of carbonyl (C=O) groups excluding carboxylic acids is 1. The molecule has 0 spiro atoms. The van der Waals surface area contributed by atoms with Gasteiger partial charge in [-0.1, -0.05) is 0 Å². The summed E-state index contributed by atoms with van der Waals surface area (Å²) in [5, 5.41) is 32.8. The van der Waals surface area contributed by atoms with Gasteiger partial charge in [0.15, 0.2) is 11.9 Å². The third-order valence-corrected chi connectivity index (χ3v) is 3.44. The number of amides is 1. The summed E-state index contributed by atoms with van der Waals surface area (Å²) in [4.78, 5) is 11.4. The molecule has 0 radical (unpaired) electrons. The number of imidazole rings is 1. The van der Waals surface area contributed by atoms with Crippen molar-refractivity contribution in [3.05, 3.63) is 24.2 Å². The van der Waals surface area contributed by atoms with Gasteiger partial charge in [-0.2, -0.15) is 5.10 Å². The second-order valence-corrected chi connectivity index (χ2v) is 4.62. The van der Waals surface area contributed by atoms with Crippen molar-refractivity contribution in [3.8, 4) is 0 Å². The van der Waals surface area contributed by atoms with Crippen LogP contribution in [-0.4, -0.2) is 60.3 Å². The number of aromatic nitrogens is 3. The Morgan fingerprint density at radius 1 is 1.40 bits per heavy atom. The van der Waals surface area contributed by atoms with E-state index in [1.54, 1.807) is 12.4 Å². The average Bonchev–Trinajstić information content (AvgIpc) is 3.06. The lowest BCUT2D eigenvalue weighted by atomic mass is 10.1. The van der Waals surface area contributed by atoms with Gasteiger partial charge in [-0.3, -0.25) is 4.79 Å². The number of primary amides is 1. The van der Waals surface area contributed by atoms with Crippen molar-refractivity contribution in [3.63, 3.8) is 0 Å². The van der Waals surface area contributed by atoms with Gasteiger partial charge in [0.05, 0.1) is 12.8 Å². The molecule has 1 fully saturated rings. The van der Waals surface area contributed by atoms with E-state index >= 15 is 0 Å². The first-order chi connectivity index (χ1) is 9.54. The van der Waals surface area contributed by atoms with E-state index in [2.05, 4.69) is 5.10 Å². The number of nitrogens with zero attached hydrogens (tertiary/aromatic N) is 3. The predicted octanol–water partition coefficient (Wildman–Crippen LogP) is -2.15. The molecule has 1 saturated heterocycles. The minimum absolute atomic E-state index is 0.174. The van der Waals surface area contributed by atoms with E-state index in [-0.39, 0.29) is 5.56 Å². The van der Waals surface area contributed by atoms with E-state index < -0.39 is 37.1 Å². The van der Waals surface area contributed by atoms with Crippen LogP contribution in [0.5, 0.6) is 0 Å². The SMILES string of the molecule is NC(=O)c1cnn2ccn([C@@H]3O[C@H](CO)[C@@H](O)[C@H]3O)c12. The molecular formula is C11H14N4O5. The Bertz CT molecular complexity index is 650. The number of fused-ring (bicyclic) bond motifs is 1. The van der Waals surface area contributed by atoms with Crippen LogP contribution in [0.1, 0.15) is 16.6 Å². The summed E-state index contributed by atoms with van der Waals surface area (Å²) in [7, 11) is 0. The van der Waals surface area contributed by atoms with Crippen LogP contribution in [0.4, 0.5) is 0 Å². The van der Waals surface area contributed by atoms with Crippen LogP contribution < -0.4 is 5.73 Å². The summed E-state index contributed by atoms with van der Waals surface area (Å²) >= 11 is 0. The van der Waals surface area contributed by atoms with Crippen molar-refractivity contribution in [2.45, 2.75) is 24.5 Å². The van der Waals surface area contributed by atoms with Gasteiger partial charge in [0.25, 0.3) is 5.91 Å². The first-order valence-corrected chi connectivity index (χ1v) is 6.01. The van der Waals surface area contributed by atoms with Crippen molar-refractivity contribution < 1.29 is 24.9 Å². The lowest BCUT2D eigenvalue weighted by molar-refractivity contribution is -0.0508. The molecule has 0 bridgehead atoms. The minimum atomic E-state index is -1.24. The van der Waals surface area contributed by atoms with Gasteiger partial charge in [-0.15, -0.1) is 0 Å². The fourth-order valence-electron chi connectivity index (χ4n) is 2.42. The number of hydrogen-bond donors (Lipinski definition) is 4. The summed E-state index contributed by atoms with van der Waals surface area (Å²) in [5.74, 6) is -0.660. The molecule has 5 N–H and O–H groups in total. The highest BCUT2D eigenvalue weighted by molar-refractivity contribution is 5.98. The highest BCUT2D eigenvalue weighted by Crippen LogP contribution is 2.31. The Morgan fingerprint density at radius 2 is 2.15 bits per heavy atom. The standard InChI is InChI=1S/C11H14N4O5/c12-9(19)5-3-13-15-2-1-14(10(5)15)11-8(18)7(17)6(4-16)20-11/h1-3,6-8,11,16-18H,4H2,(H2,12,19)/t6-,7-,8-,11-/m1/s1. The number of hydrogen-bond acceptors (Lipinski definition) is 6. The summed E-state index contributed by atoms with van der Waals surface area (Å²) in [6.07, 6.45) is 0.152. The summed E-state index contributed by atoms with van der Waals surface area (Å²) in [6.45, 7) is -0.422. The van der Waals surface area contributed by atoms with Crippen molar-refractivity contribution in [1.29, 1.82) is 0 Å². The van der Waals surface area contributed by atoms with Crippen LogP contribution in [0.3, 0.4) is 0 Å².